The first-order valence-electron chi connectivity index (χ1n) is 12.4. The smallest absolute Gasteiger partial charge is 0.408 e. The van der Waals surface area contributed by atoms with Gasteiger partial charge in [0.25, 0.3) is 0 Å². The number of carbonyl (C=O) groups excluding carboxylic acids is 4. The number of nitrogens with two attached hydrogens (primary N) is 1. The molecule has 0 aliphatic rings. The van der Waals surface area contributed by atoms with E-state index in [9.17, 15) is 24.3 Å². The molecule has 0 fully saturated rings. The van der Waals surface area contributed by atoms with Gasteiger partial charge in [0, 0.05) is 12.1 Å². The Labute approximate surface area is 213 Å². The van der Waals surface area contributed by atoms with Gasteiger partial charge >= 0.3 is 6.09 Å². The minimum absolute atomic E-state index is 0.0110. The van der Waals surface area contributed by atoms with Crippen LogP contribution in [0.2, 0.25) is 0 Å². The Kier molecular flexibility index (Phi) is 11.7. The van der Waals surface area contributed by atoms with Gasteiger partial charge in [-0.3, -0.25) is 14.4 Å². The van der Waals surface area contributed by atoms with Crippen LogP contribution in [-0.2, 0) is 19.1 Å². The SMILES string of the molecule is CCCC(C)NC(=O)C(c1ccc(O)cc1)N(C(=O)C(CC(N)=O)NC(=O)OC(C)(C)C)C(C)CC. The van der Waals surface area contributed by atoms with E-state index in [4.69, 9.17) is 10.5 Å². The van der Waals surface area contributed by atoms with Crippen LogP contribution in [-0.4, -0.2) is 57.5 Å². The van der Waals surface area contributed by atoms with E-state index in [1.165, 1.54) is 17.0 Å². The van der Waals surface area contributed by atoms with E-state index in [1.807, 2.05) is 20.8 Å². The Morgan fingerprint density at radius 2 is 1.64 bits per heavy atom. The minimum atomic E-state index is -1.34. The Balaban J connectivity index is 3.52. The predicted octanol–water partition coefficient (Wildman–Crippen LogP) is 3.13. The third-order valence-corrected chi connectivity index (χ3v) is 5.56. The van der Waals surface area contributed by atoms with E-state index in [0.717, 1.165) is 12.8 Å². The standard InChI is InChI=1S/C26H42N4O6/c1-8-10-16(3)28-23(33)22(18-11-13-19(31)14-12-18)30(17(4)9-2)24(34)20(15-21(27)32)29-25(35)36-26(5,6)7/h11-14,16-17,20,22,31H,8-10,15H2,1-7H3,(H2,27,32)(H,28,33)(H,29,35). The highest BCUT2D eigenvalue weighted by molar-refractivity contribution is 5.94. The van der Waals surface area contributed by atoms with Gasteiger partial charge in [0.15, 0.2) is 0 Å². The lowest BCUT2D eigenvalue weighted by Crippen LogP contribution is -2.56. The van der Waals surface area contributed by atoms with Gasteiger partial charge in [-0.2, -0.15) is 0 Å². The largest absolute Gasteiger partial charge is 0.508 e. The second kappa shape index (κ2) is 13.7. The molecule has 202 valence electrons. The first-order valence-corrected chi connectivity index (χ1v) is 12.4. The zero-order chi connectivity index (χ0) is 27.6. The number of alkyl carbamates (subject to hydrolysis) is 1. The Hall–Kier alpha value is -3.30. The number of nitrogens with one attached hydrogen (secondary N) is 2. The Morgan fingerprint density at radius 1 is 1.06 bits per heavy atom. The highest BCUT2D eigenvalue weighted by atomic mass is 16.6. The zero-order valence-electron chi connectivity index (χ0n) is 22.5. The molecule has 4 amide bonds. The molecule has 10 nitrogen and oxygen atoms in total. The summed E-state index contributed by atoms with van der Waals surface area (Å²) in [6.07, 6.45) is 0.749. The fraction of sp³-hybridized carbons (Fsp3) is 0.615. The number of primary amides is 1. The van der Waals surface area contributed by atoms with Crippen molar-refractivity contribution in [3.8, 4) is 5.75 Å². The lowest BCUT2D eigenvalue weighted by molar-refractivity contribution is -0.146. The van der Waals surface area contributed by atoms with Crippen molar-refractivity contribution in [2.24, 2.45) is 5.73 Å². The van der Waals surface area contributed by atoms with Crippen molar-refractivity contribution < 1.29 is 29.0 Å². The highest BCUT2D eigenvalue weighted by Crippen LogP contribution is 2.28. The zero-order valence-corrected chi connectivity index (χ0v) is 22.5. The molecule has 10 heteroatoms. The number of carbonyl (C=O) groups is 4. The van der Waals surface area contributed by atoms with Crippen molar-refractivity contribution in [1.82, 2.24) is 15.5 Å². The summed E-state index contributed by atoms with van der Waals surface area (Å²) in [6, 6.07) is 2.99. The Morgan fingerprint density at radius 3 is 2.11 bits per heavy atom. The molecule has 1 rings (SSSR count). The molecule has 4 unspecified atom stereocenters. The van der Waals surface area contributed by atoms with Crippen LogP contribution in [0, 0.1) is 0 Å². The second-order valence-corrected chi connectivity index (χ2v) is 10.1. The number of aromatic hydroxyl groups is 1. The Bertz CT molecular complexity index is 897. The lowest BCUT2D eigenvalue weighted by Gasteiger charge is -2.38. The second-order valence-electron chi connectivity index (χ2n) is 10.1. The first-order chi connectivity index (χ1) is 16.7. The van der Waals surface area contributed by atoms with Crippen LogP contribution in [0.1, 0.15) is 85.8 Å². The van der Waals surface area contributed by atoms with Crippen LogP contribution in [0.25, 0.3) is 0 Å². The van der Waals surface area contributed by atoms with Crippen molar-refractivity contribution >= 4 is 23.8 Å². The predicted molar refractivity (Wildman–Crippen MR) is 137 cm³/mol. The molecule has 0 saturated carbocycles. The van der Waals surface area contributed by atoms with Crippen molar-refractivity contribution in [2.75, 3.05) is 0 Å². The maximum atomic E-state index is 13.9. The number of ether oxygens (including phenoxy) is 1. The van der Waals surface area contributed by atoms with E-state index >= 15 is 0 Å². The van der Waals surface area contributed by atoms with Gasteiger partial charge in [-0.25, -0.2) is 4.79 Å². The average Bonchev–Trinajstić information content (AvgIpc) is 2.75. The third kappa shape index (κ3) is 9.75. The monoisotopic (exact) mass is 506 g/mol. The van der Waals surface area contributed by atoms with E-state index in [-0.39, 0.29) is 11.8 Å². The first kappa shape index (κ1) is 30.7. The van der Waals surface area contributed by atoms with E-state index in [1.54, 1.807) is 39.8 Å². The molecule has 4 atom stereocenters. The number of hydrogen-bond acceptors (Lipinski definition) is 6. The third-order valence-electron chi connectivity index (χ3n) is 5.56. The average molecular weight is 507 g/mol. The molecule has 5 N–H and O–H groups in total. The maximum Gasteiger partial charge on any atom is 0.408 e. The molecular formula is C26H42N4O6. The molecule has 0 heterocycles. The summed E-state index contributed by atoms with van der Waals surface area (Å²) in [6.45, 7) is 12.5. The molecule has 1 aromatic carbocycles. The number of phenolic OH excluding ortho intramolecular Hbond substituents is 1. The minimum Gasteiger partial charge on any atom is -0.508 e. The van der Waals surface area contributed by atoms with Gasteiger partial charge in [0.05, 0.1) is 6.42 Å². The van der Waals surface area contributed by atoms with Crippen molar-refractivity contribution in [3.05, 3.63) is 29.8 Å². The molecular weight excluding hydrogens is 464 g/mol. The van der Waals surface area contributed by atoms with Crippen molar-refractivity contribution in [1.29, 1.82) is 0 Å². The van der Waals surface area contributed by atoms with Crippen molar-refractivity contribution in [3.63, 3.8) is 0 Å². The summed E-state index contributed by atoms with van der Waals surface area (Å²) >= 11 is 0. The van der Waals surface area contributed by atoms with Gasteiger partial charge < -0.3 is 31.1 Å². The van der Waals surface area contributed by atoms with Gasteiger partial charge in [0.2, 0.25) is 17.7 Å². The fourth-order valence-corrected chi connectivity index (χ4v) is 3.75. The van der Waals surface area contributed by atoms with Gasteiger partial charge in [-0.1, -0.05) is 32.4 Å². The molecule has 1 aromatic rings. The van der Waals surface area contributed by atoms with E-state index in [0.29, 0.717) is 12.0 Å². The maximum absolute atomic E-state index is 13.9. The quantitative estimate of drug-likeness (QED) is 0.342. The molecule has 0 bridgehead atoms. The van der Waals surface area contributed by atoms with Crippen LogP contribution >= 0.6 is 0 Å². The molecule has 0 saturated heterocycles. The summed E-state index contributed by atoms with van der Waals surface area (Å²) in [5.74, 6) is -1.84. The number of phenols is 1. The molecule has 0 spiro atoms. The summed E-state index contributed by atoms with van der Waals surface area (Å²) in [4.78, 5) is 53.1. The van der Waals surface area contributed by atoms with Crippen molar-refractivity contribution in [2.45, 2.75) is 104 Å². The van der Waals surface area contributed by atoms with Crippen LogP contribution in [0.3, 0.4) is 0 Å². The summed E-state index contributed by atoms with van der Waals surface area (Å²) < 4.78 is 5.27. The van der Waals surface area contributed by atoms with Crippen LogP contribution in [0.15, 0.2) is 24.3 Å². The normalized spacial score (nSPS) is 14.6. The molecule has 0 aromatic heterocycles. The highest BCUT2D eigenvalue weighted by Gasteiger charge is 2.39. The molecule has 0 radical (unpaired) electrons. The van der Waals surface area contributed by atoms with Gasteiger partial charge in [0.1, 0.15) is 23.4 Å². The van der Waals surface area contributed by atoms with Crippen LogP contribution in [0.4, 0.5) is 4.79 Å². The van der Waals surface area contributed by atoms with Gasteiger partial charge in [-0.15, -0.1) is 0 Å². The number of hydrogen-bond donors (Lipinski definition) is 4. The summed E-state index contributed by atoms with van der Waals surface area (Å²) in [7, 11) is 0. The molecule has 0 aliphatic carbocycles. The summed E-state index contributed by atoms with van der Waals surface area (Å²) in [5.41, 5.74) is 5.04. The summed E-state index contributed by atoms with van der Waals surface area (Å²) in [5, 5.41) is 15.2. The van der Waals surface area contributed by atoms with Crippen LogP contribution in [0.5, 0.6) is 5.75 Å². The molecule has 0 aliphatic heterocycles. The topological polar surface area (TPSA) is 151 Å². The number of amides is 4. The lowest BCUT2D eigenvalue weighted by atomic mass is 9.98. The number of rotatable bonds is 12. The fourth-order valence-electron chi connectivity index (χ4n) is 3.75. The molecule has 36 heavy (non-hydrogen) atoms. The van der Waals surface area contributed by atoms with Gasteiger partial charge in [-0.05, 0) is 65.2 Å². The van der Waals surface area contributed by atoms with E-state index < -0.39 is 54.0 Å². The van der Waals surface area contributed by atoms with Crippen LogP contribution < -0.4 is 16.4 Å². The van der Waals surface area contributed by atoms with E-state index in [2.05, 4.69) is 10.6 Å². The number of benzene rings is 1. The number of nitrogens with zero attached hydrogens (tertiary/aromatic N) is 1.